The number of likely N-dealkylation sites (tertiary alicyclic amines) is 1. The monoisotopic (exact) mass is 403 g/mol. The fourth-order valence-corrected chi connectivity index (χ4v) is 5.32. The Balaban J connectivity index is 1.58. The molecule has 2 fully saturated rings. The molecule has 0 saturated carbocycles. The van der Waals surface area contributed by atoms with Gasteiger partial charge >= 0.3 is 0 Å². The van der Waals surface area contributed by atoms with Crippen molar-refractivity contribution in [3.8, 4) is 0 Å². The molecule has 25 heavy (non-hydrogen) atoms. The van der Waals surface area contributed by atoms with Crippen molar-refractivity contribution in [2.75, 3.05) is 31.5 Å². The molecular formula is C16H16Cl2FN3O2S. The van der Waals surface area contributed by atoms with Crippen LogP contribution in [0.25, 0.3) is 0 Å². The maximum absolute atomic E-state index is 14.8. The van der Waals surface area contributed by atoms with Gasteiger partial charge in [0.2, 0.25) is 11.6 Å². The molecular weight excluding hydrogens is 388 g/mol. The van der Waals surface area contributed by atoms with Gasteiger partial charge in [-0.25, -0.2) is 4.39 Å². The highest BCUT2D eigenvalue weighted by atomic mass is 35.5. The van der Waals surface area contributed by atoms with Gasteiger partial charge in [-0.3, -0.25) is 9.59 Å². The second-order valence-electron chi connectivity index (χ2n) is 6.68. The predicted molar refractivity (Wildman–Crippen MR) is 96.2 cm³/mol. The van der Waals surface area contributed by atoms with Crippen molar-refractivity contribution in [2.45, 2.75) is 28.2 Å². The van der Waals surface area contributed by atoms with Crippen molar-refractivity contribution >= 4 is 52.5 Å². The third-order valence-corrected chi connectivity index (χ3v) is 7.18. The van der Waals surface area contributed by atoms with E-state index >= 15 is 0 Å². The molecule has 2 N–H and O–H groups in total. The third-order valence-electron chi connectivity index (χ3n) is 5.00. The first-order valence-electron chi connectivity index (χ1n) is 8.02. The zero-order valence-corrected chi connectivity index (χ0v) is 15.5. The first-order chi connectivity index (χ1) is 11.8. The highest BCUT2D eigenvalue weighted by Gasteiger charge is 2.53. The number of alkyl halides is 1. The van der Waals surface area contributed by atoms with Gasteiger partial charge in [0.1, 0.15) is 4.75 Å². The Morgan fingerprint density at radius 1 is 1.28 bits per heavy atom. The minimum absolute atomic E-state index is 0.0333. The van der Waals surface area contributed by atoms with Gasteiger partial charge in [0.15, 0.2) is 0 Å². The molecule has 134 valence electrons. The SMILES string of the molecule is O=C(N1CC[C@@]2(C1)Sc1cc(Cl)c(Cl)cc1NC2=O)[C@@]1(F)CCNC1. The van der Waals surface area contributed by atoms with Crippen LogP contribution in [0.2, 0.25) is 10.0 Å². The number of nitrogens with one attached hydrogen (secondary N) is 2. The third kappa shape index (κ3) is 2.81. The van der Waals surface area contributed by atoms with Crippen LogP contribution in [0.4, 0.5) is 10.1 Å². The van der Waals surface area contributed by atoms with Gasteiger partial charge in [-0.1, -0.05) is 23.2 Å². The average molecular weight is 404 g/mol. The Morgan fingerprint density at radius 3 is 2.76 bits per heavy atom. The summed E-state index contributed by atoms with van der Waals surface area (Å²) in [6, 6.07) is 3.34. The van der Waals surface area contributed by atoms with Crippen LogP contribution in [0.15, 0.2) is 17.0 Å². The number of amides is 2. The van der Waals surface area contributed by atoms with Crippen LogP contribution in [0, 0.1) is 0 Å². The average Bonchev–Trinajstić information content (AvgIpc) is 3.19. The second kappa shape index (κ2) is 6.01. The number of carbonyl (C=O) groups excluding carboxylic acids is 2. The predicted octanol–water partition coefficient (Wildman–Crippen LogP) is 2.71. The highest BCUT2D eigenvalue weighted by molar-refractivity contribution is 8.01. The van der Waals surface area contributed by atoms with Crippen LogP contribution in [0.5, 0.6) is 0 Å². The molecule has 2 saturated heterocycles. The fourth-order valence-electron chi connectivity index (χ4n) is 3.56. The maximum Gasteiger partial charge on any atom is 0.261 e. The van der Waals surface area contributed by atoms with Gasteiger partial charge in [0, 0.05) is 31.0 Å². The van der Waals surface area contributed by atoms with E-state index in [-0.39, 0.29) is 25.4 Å². The van der Waals surface area contributed by atoms with E-state index in [1.54, 1.807) is 12.1 Å². The summed E-state index contributed by atoms with van der Waals surface area (Å²) in [5, 5.41) is 6.52. The molecule has 0 aliphatic carbocycles. The molecule has 3 aliphatic heterocycles. The summed E-state index contributed by atoms with van der Waals surface area (Å²) < 4.78 is 13.9. The first-order valence-corrected chi connectivity index (χ1v) is 9.59. The number of fused-ring (bicyclic) bond motifs is 1. The van der Waals surface area contributed by atoms with Gasteiger partial charge in [-0.2, -0.15) is 0 Å². The maximum atomic E-state index is 14.8. The molecule has 1 spiro atoms. The Kier molecular flexibility index (Phi) is 4.18. The summed E-state index contributed by atoms with van der Waals surface area (Å²) in [5.41, 5.74) is -1.25. The van der Waals surface area contributed by atoms with Crippen molar-refractivity contribution in [1.82, 2.24) is 10.2 Å². The van der Waals surface area contributed by atoms with E-state index in [9.17, 15) is 14.0 Å². The molecule has 0 radical (unpaired) electrons. The summed E-state index contributed by atoms with van der Waals surface area (Å²) in [5.74, 6) is -0.709. The van der Waals surface area contributed by atoms with E-state index in [0.717, 1.165) is 4.90 Å². The standard InChI is InChI=1S/C16H16Cl2FN3O2S/c17-9-5-11-12(6-10(9)18)25-16(13(23)21-11)2-4-22(8-16)14(24)15(19)1-3-20-7-15/h5-6,20H,1-4,7-8H2,(H,21,23)/t15-,16+/m1/s1. The Labute approximate surface area is 158 Å². The molecule has 4 rings (SSSR count). The van der Waals surface area contributed by atoms with Crippen LogP contribution in [0.1, 0.15) is 12.8 Å². The minimum atomic E-state index is -1.86. The molecule has 9 heteroatoms. The minimum Gasteiger partial charge on any atom is -0.338 e. The van der Waals surface area contributed by atoms with Gasteiger partial charge in [-0.15, -0.1) is 11.8 Å². The normalized spacial score (nSPS) is 31.3. The number of benzene rings is 1. The van der Waals surface area contributed by atoms with Gasteiger partial charge in [-0.05, 0) is 25.1 Å². The number of halogens is 3. The number of hydrogen-bond donors (Lipinski definition) is 2. The summed E-state index contributed by atoms with van der Waals surface area (Å²) in [6.45, 7) is 1.07. The van der Waals surface area contributed by atoms with E-state index in [0.29, 0.717) is 35.2 Å². The Bertz CT molecular complexity index is 772. The lowest BCUT2D eigenvalue weighted by Gasteiger charge is -2.33. The molecule has 5 nitrogen and oxygen atoms in total. The van der Waals surface area contributed by atoms with E-state index < -0.39 is 16.3 Å². The van der Waals surface area contributed by atoms with E-state index in [4.69, 9.17) is 23.2 Å². The topological polar surface area (TPSA) is 61.4 Å². The summed E-state index contributed by atoms with van der Waals surface area (Å²) in [4.78, 5) is 27.6. The molecule has 3 aliphatic rings. The molecule has 2 amide bonds. The zero-order valence-electron chi connectivity index (χ0n) is 13.2. The lowest BCUT2D eigenvalue weighted by molar-refractivity contribution is -0.141. The lowest BCUT2D eigenvalue weighted by Crippen LogP contribution is -2.50. The van der Waals surface area contributed by atoms with E-state index in [1.807, 2.05) is 0 Å². The number of anilines is 1. The van der Waals surface area contributed by atoms with Crippen molar-refractivity contribution < 1.29 is 14.0 Å². The smallest absolute Gasteiger partial charge is 0.261 e. The summed E-state index contributed by atoms with van der Waals surface area (Å²) >= 11 is 13.5. The number of nitrogens with zero attached hydrogens (tertiary/aromatic N) is 1. The quantitative estimate of drug-likeness (QED) is 0.756. The van der Waals surface area contributed by atoms with E-state index in [2.05, 4.69) is 10.6 Å². The molecule has 1 aromatic rings. The van der Waals surface area contributed by atoms with E-state index in [1.165, 1.54) is 16.7 Å². The van der Waals surface area contributed by atoms with Crippen LogP contribution < -0.4 is 10.6 Å². The van der Waals surface area contributed by atoms with Crippen molar-refractivity contribution in [2.24, 2.45) is 0 Å². The lowest BCUT2D eigenvalue weighted by atomic mass is 10.0. The van der Waals surface area contributed by atoms with Crippen molar-refractivity contribution in [3.63, 3.8) is 0 Å². The molecule has 0 unspecified atom stereocenters. The molecule has 0 aromatic heterocycles. The fraction of sp³-hybridized carbons (Fsp3) is 0.500. The summed E-state index contributed by atoms with van der Waals surface area (Å²) in [7, 11) is 0. The molecule has 3 heterocycles. The van der Waals surface area contributed by atoms with Crippen molar-refractivity contribution in [3.05, 3.63) is 22.2 Å². The number of rotatable bonds is 1. The molecule has 0 bridgehead atoms. The first kappa shape index (κ1) is 17.4. The second-order valence-corrected chi connectivity index (χ2v) is 8.92. The number of carbonyl (C=O) groups is 2. The van der Waals surface area contributed by atoms with Crippen LogP contribution in [0.3, 0.4) is 0 Å². The molecule has 1 aromatic carbocycles. The number of hydrogen-bond acceptors (Lipinski definition) is 4. The van der Waals surface area contributed by atoms with Crippen LogP contribution in [-0.2, 0) is 9.59 Å². The van der Waals surface area contributed by atoms with Crippen molar-refractivity contribution in [1.29, 1.82) is 0 Å². The van der Waals surface area contributed by atoms with Gasteiger partial charge in [0.25, 0.3) is 5.91 Å². The van der Waals surface area contributed by atoms with Crippen LogP contribution >= 0.6 is 35.0 Å². The van der Waals surface area contributed by atoms with Gasteiger partial charge in [0.05, 0.1) is 15.7 Å². The Hall–Kier alpha value is -1.02. The van der Waals surface area contributed by atoms with Crippen LogP contribution in [-0.4, -0.2) is 53.3 Å². The van der Waals surface area contributed by atoms with Gasteiger partial charge < -0.3 is 15.5 Å². The zero-order chi connectivity index (χ0) is 17.8. The Morgan fingerprint density at radius 2 is 2.04 bits per heavy atom. The largest absolute Gasteiger partial charge is 0.338 e. The number of thioether (sulfide) groups is 1. The summed E-state index contributed by atoms with van der Waals surface area (Å²) in [6.07, 6.45) is 0.643. The molecule has 2 atom stereocenters. The highest BCUT2D eigenvalue weighted by Crippen LogP contribution is 2.49.